The standard InChI is InChI=1S/C7H16N2O2/c1-7-6-8(10-2)4-5-9(7)11-3/h7H,4-6H2,1-3H3. The van der Waals surface area contributed by atoms with E-state index in [2.05, 4.69) is 6.92 Å². The van der Waals surface area contributed by atoms with Gasteiger partial charge in [-0.05, 0) is 6.92 Å². The quantitative estimate of drug-likeness (QED) is 0.572. The molecule has 0 spiro atoms. The van der Waals surface area contributed by atoms with E-state index in [1.807, 2.05) is 10.1 Å². The number of nitrogens with zero attached hydrogens (tertiary/aromatic N) is 2. The summed E-state index contributed by atoms with van der Waals surface area (Å²) in [6.07, 6.45) is 0. The molecule has 0 aromatic carbocycles. The molecule has 1 fully saturated rings. The maximum atomic E-state index is 5.15. The summed E-state index contributed by atoms with van der Waals surface area (Å²) >= 11 is 0. The van der Waals surface area contributed by atoms with E-state index in [4.69, 9.17) is 9.68 Å². The molecule has 0 amide bonds. The normalized spacial score (nSPS) is 29.2. The first kappa shape index (κ1) is 8.93. The molecule has 1 atom stereocenters. The van der Waals surface area contributed by atoms with Gasteiger partial charge >= 0.3 is 0 Å². The van der Waals surface area contributed by atoms with Crippen LogP contribution in [0.5, 0.6) is 0 Å². The molecule has 0 aromatic heterocycles. The van der Waals surface area contributed by atoms with Crippen LogP contribution in [0.1, 0.15) is 6.92 Å². The van der Waals surface area contributed by atoms with Crippen LogP contribution < -0.4 is 0 Å². The van der Waals surface area contributed by atoms with Gasteiger partial charge in [0.2, 0.25) is 0 Å². The van der Waals surface area contributed by atoms with Gasteiger partial charge in [0, 0.05) is 25.7 Å². The van der Waals surface area contributed by atoms with Crippen LogP contribution in [0.3, 0.4) is 0 Å². The monoisotopic (exact) mass is 160 g/mol. The molecule has 11 heavy (non-hydrogen) atoms. The first-order valence-corrected chi connectivity index (χ1v) is 3.87. The van der Waals surface area contributed by atoms with Crippen LogP contribution in [-0.4, -0.2) is 50.0 Å². The maximum absolute atomic E-state index is 5.15. The van der Waals surface area contributed by atoms with Gasteiger partial charge in [-0.1, -0.05) is 0 Å². The molecule has 0 radical (unpaired) electrons. The molecular formula is C7H16N2O2. The van der Waals surface area contributed by atoms with Crippen molar-refractivity contribution in [2.75, 3.05) is 33.9 Å². The van der Waals surface area contributed by atoms with Gasteiger partial charge in [-0.3, -0.25) is 0 Å². The zero-order chi connectivity index (χ0) is 8.27. The first-order chi connectivity index (χ1) is 5.27. The summed E-state index contributed by atoms with van der Waals surface area (Å²) < 4.78 is 0. The molecule has 1 saturated heterocycles. The highest BCUT2D eigenvalue weighted by molar-refractivity contribution is 4.69. The highest BCUT2D eigenvalue weighted by atomic mass is 16.7. The molecule has 0 aliphatic carbocycles. The van der Waals surface area contributed by atoms with Crippen LogP contribution in [0.4, 0.5) is 0 Å². The van der Waals surface area contributed by atoms with Crippen molar-refractivity contribution in [1.82, 2.24) is 10.1 Å². The van der Waals surface area contributed by atoms with E-state index >= 15 is 0 Å². The van der Waals surface area contributed by atoms with Crippen molar-refractivity contribution >= 4 is 0 Å². The second kappa shape index (κ2) is 4.01. The van der Waals surface area contributed by atoms with Crippen LogP contribution in [-0.2, 0) is 9.68 Å². The SMILES string of the molecule is CON1CCN(OC)C(C)C1. The highest BCUT2D eigenvalue weighted by Gasteiger charge is 2.23. The van der Waals surface area contributed by atoms with Crippen LogP contribution in [0, 0.1) is 0 Å². The lowest BCUT2D eigenvalue weighted by atomic mass is 10.2. The number of piperazine rings is 1. The summed E-state index contributed by atoms with van der Waals surface area (Å²) in [6.45, 7) is 4.85. The van der Waals surface area contributed by atoms with E-state index in [9.17, 15) is 0 Å². The average Bonchev–Trinajstić information content (AvgIpc) is 2.04. The zero-order valence-electron chi connectivity index (χ0n) is 7.41. The Labute approximate surface area is 67.6 Å². The van der Waals surface area contributed by atoms with Gasteiger partial charge in [0.1, 0.15) is 0 Å². The Morgan fingerprint density at radius 3 is 2.36 bits per heavy atom. The van der Waals surface area contributed by atoms with E-state index < -0.39 is 0 Å². The lowest BCUT2D eigenvalue weighted by Gasteiger charge is -2.36. The Balaban J connectivity index is 2.34. The van der Waals surface area contributed by atoms with Crippen LogP contribution in [0.15, 0.2) is 0 Å². The number of hydrogen-bond donors (Lipinski definition) is 0. The molecule has 1 rings (SSSR count). The molecule has 0 bridgehead atoms. The van der Waals surface area contributed by atoms with Gasteiger partial charge in [0.25, 0.3) is 0 Å². The Hall–Kier alpha value is -0.160. The lowest BCUT2D eigenvalue weighted by Crippen LogP contribution is -2.50. The van der Waals surface area contributed by atoms with E-state index in [0.717, 1.165) is 19.6 Å². The minimum atomic E-state index is 0.411. The molecule has 1 aliphatic rings. The predicted molar refractivity (Wildman–Crippen MR) is 41.8 cm³/mol. The summed E-state index contributed by atoms with van der Waals surface area (Å²) in [4.78, 5) is 10.3. The van der Waals surface area contributed by atoms with Gasteiger partial charge in [-0.2, -0.15) is 10.1 Å². The molecule has 1 unspecified atom stereocenters. The second-order valence-electron chi connectivity index (χ2n) is 2.74. The summed E-state index contributed by atoms with van der Waals surface area (Å²) in [5.41, 5.74) is 0. The molecule has 1 aliphatic heterocycles. The van der Waals surface area contributed by atoms with Crippen molar-refractivity contribution in [2.45, 2.75) is 13.0 Å². The molecule has 1 heterocycles. The fourth-order valence-corrected chi connectivity index (χ4v) is 1.34. The van der Waals surface area contributed by atoms with Crippen LogP contribution >= 0.6 is 0 Å². The fourth-order valence-electron chi connectivity index (χ4n) is 1.34. The summed E-state index contributed by atoms with van der Waals surface area (Å²) in [5, 5.41) is 3.91. The molecule has 0 N–H and O–H groups in total. The average molecular weight is 160 g/mol. The largest absolute Gasteiger partial charge is 0.302 e. The molecule has 0 saturated carbocycles. The second-order valence-corrected chi connectivity index (χ2v) is 2.74. The van der Waals surface area contributed by atoms with Gasteiger partial charge in [-0.15, -0.1) is 0 Å². The van der Waals surface area contributed by atoms with Crippen molar-refractivity contribution in [3.05, 3.63) is 0 Å². The molecule has 0 aromatic rings. The summed E-state index contributed by atoms with van der Waals surface area (Å²) in [6, 6.07) is 0.411. The van der Waals surface area contributed by atoms with E-state index in [-0.39, 0.29) is 0 Å². The Morgan fingerprint density at radius 2 is 1.91 bits per heavy atom. The van der Waals surface area contributed by atoms with Crippen molar-refractivity contribution in [3.63, 3.8) is 0 Å². The van der Waals surface area contributed by atoms with Gasteiger partial charge in [0.05, 0.1) is 14.2 Å². The number of hydrogen-bond acceptors (Lipinski definition) is 4. The lowest BCUT2D eigenvalue weighted by molar-refractivity contribution is -0.236. The molecule has 4 heteroatoms. The van der Waals surface area contributed by atoms with Gasteiger partial charge in [0.15, 0.2) is 0 Å². The minimum absolute atomic E-state index is 0.411. The summed E-state index contributed by atoms with van der Waals surface area (Å²) in [7, 11) is 3.41. The predicted octanol–water partition coefficient (Wildman–Crippen LogP) is 0.115. The topological polar surface area (TPSA) is 24.9 Å². The van der Waals surface area contributed by atoms with Crippen molar-refractivity contribution in [3.8, 4) is 0 Å². The maximum Gasteiger partial charge on any atom is 0.0575 e. The van der Waals surface area contributed by atoms with Gasteiger partial charge < -0.3 is 9.68 Å². The Morgan fingerprint density at radius 1 is 1.18 bits per heavy atom. The fraction of sp³-hybridized carbons (Fsp3) is 1.00. The Kier molecular flexibility index (Phi) is 3.26. The van der Waals surface area contributed by atoms with E-state index in [1.165, 1.54) is 0 Å². The first-order valence-electron chi connectivity index (χ1n) is 3.87. The third kappa shape index (κ3) is 2.13. The van der Waals surface area contributed by atoms with Gasteiger partial charge in [-0.25, -0.2) is 0 Å². The van der Waals surface area contributed by atoms with Crippen LogP contribution in [0.2, 0.25) is 0 Å². The van der Waals surface area contributed by atoms with Crippen molar-refractivity contribution in [2.24, 2.45) is 0 Å². The van der Waals surface area contributed by atoms with Crippen LogP contribution in [0.25, 0.3) is 0 Å². The third-order valence-corrected chi connectivity index (χ3v) is 2.02. The smallest absolute Gasteiger partial charge is 0.0575 e. The minimum Gasteiger partial charge on any atom is -0.302 e. The third-order valence-electron chi connectivity index (χ3n) is 2.02. The summed E-state index contributed by atoms with van der Waals surface area (Å²) in [5.74, 6) is 0. The van der Waals surface area contributed by atoms with E-state index in [1.54, 1.807) is 14.2 Å². The van der Waals surface area contributed by atoms with Crippen molar-refractivity contribution < 1.29 is 9.68 Å². The van der Waals surface area contributed by atoms with Crippen molar-refractivity contribution in [1.29, 1.82) is 0 Å². The molecule has 66 valence electrons. The highest BCUT2D eigenvalue weighted by Crippen LogP contribution is 2.08. The molecular weight excluding hydrogens is 144 g/mol. The number of hydroxylamine groups is 4. The molecule has 4 nitrogen and oxygen atoms in total. The number of rotatable bonds is 2. The van der Waals surface area contributed by atoms with E-state index in [0.29, 0.717) is 6.04 Å². The zero-order valence-corrected chi connectivity index (χ0v) is 7.41. The Bertz CT molecular complexity index is 121.